The first-order chi connectivity index (χ1) is 9.94. The Morgan fingerprint density at radius 2 is 1.90 bits per heavy atom. The van der Waals surface area contributed by atoms with E-state index in [1.165, 1.54) is 43.6 Å². The Morgan fingerprint density at radius 1 is 1.24 bits per heavy atom. The molecular weight excluding hydrogens is 299 g/mol. The maximum Gasteiger partial charge on any atom is 0.337 e. The van der Waals surface area contributed by atoms with Crippen LogP contribution in [0.15, 0.2) is 47.6 Å². The molecule has 2 aromatic rings. The number of benzene rings is 1. The highest BCUT2D eigenvalue weighted by Crippen LogP contribution is 2.17. The van der Waals surface area contributed by atoms with Crippen LogP contribution >= 0.6 is 0 Å². The number of pyridine rings is 1. The molecule has 0 aliphatic heterocycles. The summed E-state index contributed by atoms with van der Waals surface area (Å²) in [6, 6.07) is 7.80. The zero-order chi connectivity index (χ0) is 15.5. The summed E-state index contributed by atoms with van der Waals surface area (Å²) in [6.45, 7) is 0. The first-order valence-electron chi connectivity index (χ1n) is 5.76. The van der Waals surface area contributed by atoms with Gasteiger partial charge >= 0.3 is 5.97 Å². The summed E-state index contributed by atoms with van der Waals surface area (Å²) in [5.74, 6) is -1.49. The predicted molar refractivity (Wildman–Crippen MR) is 72.8 cm³/mol. The number of nitrogens with one attached hydrogen (secondary N) is 1. The number of hydrogen-bond acceptors (Lipinski definition) is 5. The molecule has 1 aromatic carbocycles. The quantitative estimate of drug-likeness (QED) is 0.870. The number of nitrogens with zero attached hydrogens (tertiary/aromatic N) is 1. The third-order valence-electron chi connectivity index (χ3n) is 2.54. The lowest BCUT2D eigenvalue weighted by molar-refractivity contribution is 0.0601. The summed E-state index contributed by atoms with van der Waals surface area (Å²) >= 11 is 0. The number of rotatable bonds is 4. The third-order valence-corrected chi connectivity index (χ3v) is 3.85. The second-order valence-corrected chi connectivity index (χ2v) is 5.56. The van der Waals surface area contributed by atoms with Crippen LogP contribution in [0.2, 0.25) is 0 Å². The van der Waals surface area contributed by atoms with Gasteiger partial charge in [-0.3, -0.25) is 4.72 Å². The molecule has 1 aromatic heterocycles. The molecule has 6 nitrogen and oxygen atoms in total. The minimum absolute atomic E-state index is 0.174. The van der Waals surface area contributed by atoms with E-state index in [1.807, 2.05) is 0 Å². The molecule has 0 saturated carbocycles. The maximum atomic E-state index is 13.5. The summed E-state index contributed by atoms with van der Waals surface area (Å²) in [6.07, 6.45) is 1.18. The van der Waals surface area contributed by atoms with Gasteiger partial charge in [-0.15, -0.1) is 0 Å². The zero-order valence-electron chi connectivity index (χ0n) is 10.9. The van der Waals surface area contributed by atoms with Gasteiger partial charge in [-0.1, -0.05) is 0 Å². The Kier molecular flexibility index (Phi) is 4.18. The molecule has 110 valence electrons. The number of aromatic nitrogens is 1. The fraction of sp³-hybridized carbons (Fsp3) is 0.0769. The standard InChI is InChI=1S/C13H11FN2O4S/c1-20-13(17)9-4-6-10(7-5-9)16-21(18,19)12-11(14)3-2-8-15-12/h2-8,16H,1H3. The molecule has 0 aliphatic carbocycles. The van der Waals surface area contributed by atoms with Crippen LogP contribution in [-0.2, 0) is 14.8 Å². The molecule has 0 radical (unpaired) electrons. The van der Waals surface area contributed by atoms with Crippen LogP contribution in [0.5, 0.6) is 0 Å². The minimum Gasteiger partial charge on any atom is -0.465 e. The van der Waals surface area contributed by atoms with E-state index < -0.39 is 26.8 Å². The van der Waals surface area contributed by atoms with Crippen molar-refractivity contribution in [3.8, 4) is 0 Å². The Morgan fingerprint density at radius 3 is 2.48 bits per heavy atom. The number of carbonyl (C=O) groups is 1. The first kappa shape index (κ1) is 14.9. The van der Waals surface area contributed by atoms with Crippen LogP contribution in [0.1, 0.15) is 10.4 Å². The topological polar surface area (TPSA) is 85.4 Å². The smallest absolute Gasteiger partial charge is 0.337 e. The van der Waals surface area contributed by atoms with Gasteiger partial charge in [0.2, 0.25) is 5.03 Å². The van der Waals surface area contributed by atoms with Crippen LogP contribution in [0.25, 0.3) is 0 Å². The molecule has 0 saturated heterocycles. The van der Waals surface area contributed by atoms with Crippen LogP contribution in [-0.4, -0.2) is 26.5 Å². The number of methoxy groups -OCH3 is 1. The maximum absolute atomic E-state index is 13.5. The molecule has 8 heteroatoms. The van der Waals surface area contributed by atoms with Crippen LogP contribution < -0.4 is 4.72 Å². The number of hydrogen-bond donors (Lipinski definition) is 1. The van der Waals surface area contributed by atoms with Gasteiger partial charge in [-0.2, -0.15) is 8.42 Å². The Balaban J connectivity index is 2.25. The molecule has 2 rings (SSSR count). The molecular formula is C13H11FN2O4S. The molecule has 0 atom stereocenters. The summed E-state index contributed by atoms with van der Waals surface area (Å²) in [4.78, 5) is 14.8. The van der Waals surface area contributed by atoms with E-state index in [4.69, 9.17) is 0 Å². The highest BCUT2D eigenvalue weighted by molar-refractivity contribution is 7.92. The molecule has 0 aliphatic rings. The van der Waals surface area contributed by atoms with E-state index in [9.17, 15) is 17.6 Å². The van der Waals surface area contributed by atoms with Crippen molar-refractivity contribution in [3.63, 3.8) is 0 Å². The van der Waals surface area contributed by atoms with Crippen LogP contribution in [0.3, 0.4) is 0 Å². The predicted octanol–water partition coefficient (Wildman–Crippen LogP) is 1.81. The van der Waals surface area contributed by atoms with Crippen molar-refractivity contribution in [1.82, 2.24) is 4.98 Å². The molecule has 0 fully saturated rings. The highest BCUT2D eigenvalue weighted by atomic mass is 32.2. The monoisotopic (exact) mass is 310 g/mol. The second kappa shape index (κ2) is 5.88. The normalized spacial score (nSPS) is 11.0. The van der Waals surface area contributed by atoms with E-state index in [0.29, 0.717) is 0 Å². The molecule has 0 amide bonds. The Hall–Kier alpha value is -2.48. The number of halogens is 1. The lowest BCUT2D eigenvalue weighted by Crippen LogP contribution is -2.16. The van der Waals surface area contributed by atoms with E-state index in [-0.39, 0.29) is 11.3 Å². The van der Waals surface area contributed by atoms with Crippen molar-refractivity contribution in [3.05, 3.63) is 54.0 Å². The minimum atomic E-state index is -4.13. The van der Waals surface area contributed by atoms with E-state index in [1.54, 1.807) is 0 Å². The molecule has 0 unspecified atom stereocenters. The fourth-order valence-electron chi connectivity index (χ4n) is 1.56. The molecule has 1 N–H and O–H groups in total. The summed E-state index contributed by atoms with van der Waals surface area (Å²) in [5, 5.41) is -0.693. The van der Waals surface area contributed by atoms with Crippen molar-refractivity contribution in [1.29, 1.82) is 0 Å². The van der Waals surface area contributed by atoms with Gasteiger partial charge in [0.15, 0.2) is 5.82 Å². The van der Waals surface area contributed by atoms with E-state index in [0.717, 1.165) is 6.07 Å². The van der Waals surface area contributed by atoms with Gasteiger partial charge in [0.05, 0.1) is 12.7 Å². The van der Waals surface area contributed by atoms with Gasteiger partial charge in [0, 0.05) is 11.9 Å². The van der Waals surface area contributed by atoms with Gasteiger partial charge in [0.1, 0.15) is 0 Å². The molecule has 21 heavy (non-hydrogen) atoms. The van der Waals surface area contributed by atoms with Crippen LogP contribution in [0.4, 0.5) is 10.1 Å². The van der Waals surface area contributed by atoms with Gasteiger partial charge in [0.25, 0.3) is 10.0 Å². The third kappa shape index (κ3) is 3.34. The molecule has 0 spiro atoms. The molecule has 1 heterocycles. The Bertz CT molecular complexity index is 760. The van der Waals surface area contributed by atoms with Crippen molar-refractivity contribution in [2.75, 3.05) is 11.8 Å². The van der Waals surface area contributed by atoms with Crippen LogP contribution in [0, 0.1) is 5.82 Å². The van der Waals surface area contributed by atoms with Crippen molar-refractivity contribution < 1.29 is 22.3 Å². The van der Waals surface area contributed by atoms with Crippen molar-refractivity contribution >= 4 is 21.7 Å². The van der Waals surface area contributed by atoms with Gasteiger partial charge in [-0.05, 0) is 36.4 Å². The zero-order valence-corrected chi connectivity index (χ0v) is 11.7. The number of esters is 1. The average molecular weight is 310 g/mol. The van der Waals surface area contributed by atoms with Gasteiger partial charge in [-0.25, -0.2) is 14.2 Å². The fourth-order valence-corrected chi connectivity index (χ4v) is 2.63. The largest absolute Gasteiger partial charge is 0.465 e. The second-order valence-electron chi connectivity index (χ2n) is 3.96. The van der Waals surface area contributed by atoms with Crippen molar-refractivity contribution in [2.24, 2.45) is 0 Å². The Labute approximate surface area is 120 Å². The summed E-state index contributed by atoms with van der Waals surface area (Å²) in [5.41, 5.74) is 0.442. The lowest BCUT2D eigenvalue weighted by atomic mass is 10.2. The summed E-state index contributed by atoms with van der Waals surface area (Å²) < 4.78 is 44.1. The molecule has 0 bridgehead atoms. The average Bonchev–Trinajstić information content (AvgIpc) is 2.47. The first-order valence-corrected chi connectivity index (χ1v) is 7.24. The summed E-state index contributed by atoms with van der Waals surface area (Å²) in [7, 11) is -2.90. The van der Waals surface area contributed by atoms with Crippen molar-refractivity contribution in [2.45, 2.75) is 5.03 Å². The number of ether oxygens (including phenoxy) is 1. The number of sulfonamides is 1. The highest BCUT2D eigenvalue weighted by Gasteiger charge is 2.20. The lowest BCUT2D eigenvalue weighted by Gasteiger charge is -2.08. The SMILES string of the molecule is COC(=O)c1ccc(NS(=O)(=O)c2ncccc2F)cc1. The number of carbonyl (C=O) groups excluding carboxylic acids is 1. The van der Waals surface area contributed by atoms with Gasteiger partial charge < -0.3 is 4.74 Å². The number of anilines is 1. The van der Waals surface area contributed by atoms with E-state index >= 15 is 0 Å². The van der Waals surface area contributed by atoms with E-state index in [2.05, 4.69) is 14.4 Å².